The fourth-order valence-electron chi connectivity index (χ4n) is 4.95. The number of rotatable bonds is 4. The van der Waals surface area contributed by atoms with Crippen LogP contribution in [-0.4, -0.2) is 46.1 Å². The van der Waals surface area contributed by atoms with Crippen LogP contribution in [0.3, 0.4) is 0 Å². The van der Waals surface area contributed by atoms with Gasteiger partial charge in [0.2, 0.25) is 5.91 Å². The lowest BCUT2D eigenvalue weighted by atomic mass is 9.85. The van der Waals surface area contributed by atoms with Crippen LogP contribution in [0, 0.1) is 5.92 Å². The number of piperidine rings is 1. The summed E-state index contributed by atoms with van der Waals surface area (Å²) in [6, 6.07) is 10.7. The summed E-state index contributed by atoms with van der Waals surface area (Å²) in [5, 5.41) is 8.01. The molecule has 32 heavy (non-hydrogen) atoms. The van der Waals surface area contributed by atoms with Crippen molar-refractivity contribution in [3.63, 3.8) is 0 Å². The SMILES string of the molecule is C[C@H](C(=O)N1CCC[C@H]([C@@H]2C[C@H](C(F)F)n3nc(C(C)(C)C)cc3N2)C1)c1ccccc1. The molecule has 2 aliphatic rings. The van der Waals surface area contributed by atoms with Gasteiger partial charge >= 0.3 is 0 Å². The molecule has 4 rings (SSSR count). The Labute approximate surface area is 189 Å². The highest BCUT2D eigenvalue weighted by Crippen LogP contribution is 2.38. The molecule has 7 heteroatoms. The van der Waals surface area contributed by atoms with E-state index < -0.39 is 12.5 Å². The lowest BCUT2D eigenvalue weighted by Gasteiger charge is -2.41. The van der Waals surface area contributed by atoms with Gasteiger partial charge in [0.1, 0.15) is 11.9 Å². The normalized spacial score (nSPS) is 24.7. The number of benzene rings is 1. The van der Waals surface area contributed by atoms with Gasteiger partial charge in [0, 0.05) is 30.6 Å². The van der Waals surface area contributed by atoms with E-state index in [9.17, 15) is 13.6 Å². The van der Waals surface area contributed by atoms with Gasteiger partial charge < -0.3 is 10.2 Å². The molecule has 0 saturated carbocycles. The highest BCUT2D eigenvalue weighted by Gasteiger charge is 2.40. The first kappa shape index (κ1) is 22.7. The first-order chi connectivity index (χ1) is 15.1. The number of fused-ring (bicyclic) bond motifs is 1. The summed E-state index contributed by atoms with van der Waals surface area (Å²) in [6.07, 6.45) is -0.346. The Hall–Kier alpha value is -2.44. The van der Waals surface area contributed by atoms with Gasteiger partial charge in [-0.2, -0.15) is 5.10 Å². The molecule has 3 heterocycles. The molecule has 2 aliphatic heterocycles. The summed E-state index contributed by atoms with van der Waals surface area (Å²) in [5.41, 5.74) is 1.60. The Kier molecular flexibility index (Phi) is 6.28. The first-order valence-electron chi connectivity index (χ1n) is 11.6. The second-order valence-electron chi connectivity index (χ2n) is 10.3. The van der Waals surface area contributed by atoms with E-state index in [1.54, 1.807) is 0 Å². The summed E-state index contributed by atoms with van der Waals surface area (Å²) in [5.74, 6) is 0.706. The van der Waals surface area contributed by atoms with Crippen LogP contribution in [0.4, 0.5) is 14.6 Å². The van der Waals surface area contributed by atoms with E-state index in [4.69, 9.17) is 0 Å². The molecule has 0 spiro atoms. The predicted octanol–water partition coefficient (Wildman–Crippen LogP) is 5.21. The van der Waals surface area contributed by atoms with Crippen molar-refractivity contribution >= 4 is 11.7 Å². The Morgan fingerprint density at radius 3 is 2.59 bits per heavy atom. The van der Waals surface area contributed by atoms with Crippen LogP contribution in [0.25, 0.3) is 0 Å². The maximum absolute atomic E-state index is 14.0. The number of hydrogen-bond donors (Lipinski definition) is 1. The largest absolute Gasteiger partial charge is 0.367 e. The molecular formula is C25H34F2N4O. The van der Waals surface area contributed by atoms with Crippen LogP contribution in [0.2, 0.25) is 0 Å². The van der Waals surface area contributed by atoms with E-state index in [2.05, 4.69) is 10.4 Å². The zero-order valence-electron chi connectivity index (χ0n) is 19.4. The smallest absolute Gasteiger partial charge is 0.260 e. The third-order valence-electron chi connectivity index (χ3n) is 6.95. The van der Waals surface area contributed by atoms with Gasteiger partial charge in [-0.15, -0.1) is 0 Å². The molecule has 5 nitrogen and oxygen atoms in total. The number of anilines is 1. The van der Waals surface area contributed by atoms with Crippen LogP contribution in [0.5, 0.6) is 0 Å². The third kappa shape index (κ3) is 4.52. The monoisotopic (exact) mass is 444 g/mol. The molecule has 1 saturated heterocycles. The molecule has 0 unspecified atom stereocenters. The molecule has 0 bridgehead atoms. The van der Waals surface area contributed by atoms with E-state index >= 15 is 0 Å². The summed E-state index contributed by atoms with van der Waals surface area (Å²) in [6.45, 7) is 9.38. The van der Waals surface area contributed by atoms with Gasteiger partial charge in [0.25, 0.3) is 6.43 Å². The van der Waals surface area contributed by atoms with E-state index in [0.717, 1.165) is 30.6 Å². The third-order valence-corrected chi connectivity index (χ3v) is 6.95. The molecule has 0 radical (unpaired) electrons. The number of aromatic nitrogens is 2. The number of nitrogens with one attached hydrogen (secondary N) is 1. The minimum atomic E-state index is -2.48. The van der Waals surface area contributed by atoms with Gasteiger partial charge in [-0.3, -0.25) is 4.79 Å². The minimum absolute atomic E-state index is 0.103. The van der Waals surface area contributed by atoms with Crippen molar-refractivity contribution in [2.24, 2.45) is 5.92 Å². The summed E-state index contributed by atoms with van der Waals surface area (Å²) < 4.78 is 29.5. The molecule has 1 fully saturated rings. The maximum Gasteiger partial charge on any atom is 0.260 e. The van der Waals surface area contributed by atoms with E-state index in [-0.39, 0.29) is 29.2 Å². The Morgan fingerprint density at radius 2 is 1.94 bits per heavy atom. The van der Waals surface area contributed by atoms with E-state index in [1.807, 2.05) is 69.0 Å². The van der Waals surface area contributed by atoms with Crippen molar-refractivity contribution in [1.29, 1.82) is 0 Å². The number of hydrogen-bond acceptors (Lipinski definition) is 3. The second-order valence-corrected chi connectivity index (χ2v) is 10.3. The average molecular weight is 445 g/mol. The number of amides is 1. The van der Waals surface area contributed by atoms with Crippen LogP contribution in [0.15, 0.2) is 36.4 Å². The zero-order valence-corrected chi connectivity index (χ0v) is 19.4. The minimum Gasteiger partial charge on any atom is -0.367 e. The van der Waals surface area contributed by atoms with Crippen molar-refractivity contribution in [2.45, 2.75) is 76.8 Å². The van der Waals surface area contributed by atoms with Crippen molar-refractivity contribution in [1.82, 2.24) is 14.7 Å². The Bertz CT molecular complexity index is 937. The lowest BCUT2D eigenvalue weighted by Crippen LogP contribution is -2.49. The fraction of sp³-hybridized carbons (Fsp3) is 0.600. The molecule has 1 aromatic carbocycles. The van der Waals surface area contributed by atoms with Crippen molar-refractivity contribution in [3.05, 3.63) is 47.7 Å². The Morgan fingerprint density at radius 1 is 1.22 bits per heavy atom. The quantitative estimate of drug-likeness (QED) is 0.704. The molecule has 1 amide bonds. The lowest BCUT2D eigenvalue weighted by molar-refractivity contribution is -0.134. The number of carbonyl (C=O) groups is 1. The maximum atomic E-state index is 14.0. The predicted molar refractivity (Wildman–Crippen MR) is 122 cm³/mol. The highest BCUT2D eigenvalue weighted by molar-refractivity contribution is 5.83. The molecule has 4 atom stereocenters. The number of halogens is 2. The molecule has 174 valence electrons. The number of alkyl halides is 2. The summed E-state index contributed by atoms with van der Waals surface area (Å²) in [7, 11) is 0. The van der Waals surface area contributed by atoms with Crippen molar-refractivity contribution in [2.75, 3.05) is 18.4 Å². The van der Waals surface area contributed by atoms with Gasteiger partial charge in [0.05, 0.1) is 11.6 Å². The summed E-state index contributed by atoms with van der Waals surface area (Å²) in [4.78, 5) is 15.1. The number of likely N-dealkylation sites (tertiary alicyclic amines) is 1. The van der Waals surface area contributed by atoms with Gasteiger partial charge in [-0.1, -0.05) is 51.1 Å². The van der Waals surface area contributed by atoms with Crippen molar-refractivity contribution < 1.29 is 13.6 Å². The zero-order chi connectivity index (χ0) is 23.0. The summed E-state index contributed by atoms with van der Waals surface area (Å²) >= 11 is 0. The van der Waals surface area contributed by atoms with Gasteiger partial charge in [0.15, 0.2) is 0 Å². The number of carbonyl (C=O) groups excluding carboxylic acids is 1. The van der Waals surface area contributed by atoms with Crippen molar-refractivity contribution in [3.8, 4) is 0 Å². The van der Waals surface area contributed by atoms with Crippen LogP contribution < -0.4 is 5.32 Å². The van der Waals surface area contributed by atoms with E-state index in [0.29, 0.717) is 18.8 Å². The van der Waals surface area contributed by atoms with Gasteiger partial charge in [-0.25, -0.2) is 13.5 Å². The highest BCUT2D eigenvalue weighted by atomic mass is 19.3. The van der Waals surface area contributed by atoms with Crippen LogP contribution >= 0.6 is 0 Å². The Balaban J connectivity index is 1.51. The fourth-order valence-corrected chi connectivity index (χ4v) is 4.95. The number of nitrogens with zero attached hydrogens (tertiary/aromatic N) is 3. The van der Waals surface area contributed by atoms with Gasteiger partial charge in [-0.05, 0) is 37.7 Å². The standard InChI is InChI=1S/C25H34F2N4O/c1-16(17-9-6-5-7-10-17)24(32)30-12-8-11-18(15-30)19-13-20(23(26)27)31-22(28-19)14-21(29-31)25(2,3)4/h5-7,9-10,14,16,18-20,23,28H,8,11-13,15H2,1-4H3/t16-,18-,19-,20+/m0/s1. The average Bonchev–Trinajstić information content (AvgIpc) is 3.23. The molecule has 1 aromatic heterocycles. The topological polar surface area (TPSA) is 50.2 Å². The van der Waals surface area contributed by atoms with Crippen LogP contribution in [0.1, 0.15) is 70.2 Å². The van der Waals surface area contributed by atoms with Crippen LogP contribution in [-0.2, 0) is 10.2 Å². The molecule has 0 aliphatic carbocycles. The second kappa shape index (κ2) is 8.83. The molecule has 1 N–H and O–H groups in total. The molecular weight excluding hydrogens is 410 g/mol. The van der Waals surface area contributed by atoms with E-state index in [1.165, 1.54) is 4.68 Å². The molecule has 2 aromatic rings. The first-order valence-corrected chi connectivity index (χ1v) is 11.6.